The lowest BCUT2D eigenvalue weighted by molar-refractivity contribution is -0.141. The van der Waals surface area contributed by atoms with Crippen LogP contribution >= 0.6 is 23.2 Å². The molecule has 2 aromatic carbocycles. The van der Waals surface area contributed by atoms with Gasteiger partial charge in [0.1, 0.15) is 6.04 Å². The van der Waals surface area contributed by atoms with Crippen molar-refractivity contribution in [1.29, 1.82) is 0 Å². The summed E-state index contributed by atoms with van der Waals surface area (Å²) in [4.78, 5) is 28.1. The number of hydrogen-bond donors (Lipinski definition) is 1. The van der Waals surface area contributed by atoms with Gasteiger partial charge in [0.15, 0.2) is 11.5 Å². The lowest BCUT2D eigenvalue weighted by Gasteiger charge is -2.31. The van der Waals surface area contributed by atoms with E-state index in [2.05, 4.69) is 5.32 Å². The Hall–Kier alpha value is -2.44. The molecule has 1 heterocycles. The van der Waals surface area contributed by atoms with E-state index in [4.69, 9.17) is 32.7 Å². The van der Waals surface area contributed by atoms with Gasteiger partial charge in [-0.2, -0.15) is 0 Å². The first-order chi connectivity index (χ1) is 15.8. The normalized spacial score (nSPS) is 14.0. The number of amides is 2. The van der Waals surface area contributed by atoms with Gasteiger partial charge in [0, 0.05) is 19.0 Å². The number of ether oxygens (including phenoxy) is 2. The third kappa shape index (κ3) is 6.55. The van der Waals surface area contributed by atoms with Crippen molar-refractivity contribution in [2.75, 3.05) is 6.79 Å². The van der Waals surface area contributed by atoms with E-state index in [1.165, 1.54) is 0 Å². The van der Waals surface area contributed by atoms with E-state index in [-0.39, 0.29) is 37.6 Å². The summed E-state index contributed by atoms with van der Waals surface area (Å²) < 4.78 is 10.8. The Morgan fingerprint density at radius 1 is 1.00 bits per heavy atom. The summed E-state index contributed by atoms with van der Waals surface area (Å²) in [7, 11) is 0. The summed E-state index contributed by atoms with van der Waals surface area (Å²) in [6.45, 7) is 6.35. The monoisotopic (exact) mass is 492 g/mol. The summed E-state index contributed by atoms with van der Waals surface area (Å²) in [5, 5.41) is 3.88. The maximum Gasteiger partial charge on any atom is 0.243 e. The van der Waals surface area contributed by atoms with Gasteiger partial charge in [-0.05, 0) is 61.6 Å². The quantitative estimate of drug-likeness (QED) is 0.483. The van der Waals surface area contributed by atoms with Gasteiger partial charge in [0.25, 0.3) is 0 Å². The Morgan fingerprint density at radius 2 is 1.73 bits per heavy atom. The molecular formula is C25H30Cl2N2O4. The first kappa shape index (κ1) is 25.2. The summed E-state index contributed by atoms with van der Waals surface area (Å²) in [5.74, 6) is 1.14. The van der Waals surface area contributed by atoms with Crippen LogP contribution in [0.25, 0.3) is 0 Å². The molecule has 3 rings (SSSR count). The van der Waals surface area contributed by atoms with Crippen LogP contribution in [0.3, 0.4) is 0 Å². The van der Waals surface area contributed by atoms with Crippen molar-refractivity contribution in [2.24, 2.45) is 0 Å². The van der Waals surface area contributed by atoms with Crippen molar-refractivity contribution in [3.05, 3.63) is 57.6 Å². The van der Waals surface area contributed by atoms with Crippen LogP contribution in [-0.2, 0) is 22.6 Å². The minimum atomic E-state index is -0.585. The number of carbonyl (C=O) groups is 2. The predicted octanol–water partition coefficient (Wildman–Crippen LogP) is 5.38. The minimum Gasteiger partial charge on any atom is -0.454 e. The second-order valence-corrected chi connectivity index (χ2v) is 9.01. The molecule has 0 aliphatic carbocycles. The minimum absolute atomic E-state index is 0.0297. The largest absolute Gasteiger partial charge is 0.454 e. The number of nitrogens with one attached hydrogen (secondary N) is 1. The van der Waals surface area contributed by atoms with Crippen molar-refractivity contribution < 1.29 is 19.1 Å². The summed E-state index contributed by atoms with van der Waals surface area (Å²) in [6, 6.07) is 10.4. The van der Waals surface area contributed by atoms with Crippen LogP contribution in [0.15, 0.2) is 36.4 Å². The van der Waals surface area contributed by atoms with Gasteiger partial charge in [-0.25, -0.2) is 0 Å². The molecule has 0 fully saturated rings. The van der Waals surface area contributed by atoms with Gasteiger partial charge in [0.2, 0.25) is 18.6 Å². The molecule has 0 saturated heterocycles. The van der Waals surface area contributed by atoms with Gasteiger partial charge < -0.3 is 19.7 Å². The zero-order valence-electron chi connectivity index (χ0n) is 19.2. The number of benzene rings is 2. The van der Waals surface area contributed by atoms with Crippen LogP contribution in [0.1, 0.15) is 51.2 Å². The Kier molecular flexibility index (Phi) is 8.87. The summed E-state index contributed by atoms with van der Waals surface area (Å²) in [5.41, 5.74) is 1.79. The SMILES string of the molecule is CC[C@H](C)NC(=O)[C@H](CC)N(Cc1ccc(Cl)c(Cl)c1)C(=O)CCc1ccc2c(c1)OCO2. The standard InChI is InChI=1S/C25H30Cl2N2O4/c1-4-16(3)28-25(31)21(5-2)29(14-18-6-9-19(26)20(27)12-18)24(30)11-8-17-7-10-22-23(13-17)33-15-32-22/h6-7,9-10,12-13,16,21H,4-5,8,11,14-15H2,1-3H3,(H,28,31)/t16-,21-/m0/s1. The molecule has 0 bridgehead atoms. The Morgan fingerprint density at radius 3 is 2.42 bits per heavy atom. The van der Waals surface area contributed by atoms with Gasteiger partial charge in [-0.3, -0.25) is 9.59 Å². The highest BCUT2D eigenvalue weighted by Gasteiger charge is 2.29. The number of carbonyl (C=O) groups excluding carboxylic acids is 2. The zero-order chi connectivity index (χ0) is 24.0. The number of rotatable bonds is 10. The van der Waals surface area contributed by atoms with Crippen LogP contribution in [0, 0.1) is 0 Å². The average Bonchev–Trinajstić information content (AvgIpc) is 3.27. The molecule has 2 atom stereocenters. The molecule has 0 saturated carbocycles. The van der Waals surface area contributed by atoms with E-state index in [1.807, 2.05) is 45.0 Å². The number of nitrogens with zero attached hydrogens (tertiary/aromatic N) is 1. The highest BCUT2D eigenvalue weighted by molar-refractivity contribution is 6.42. The molecule has 2 amide bonds. The molecule has 0 aromatic heterocycles. The molecule has 33 heavy (non-hydrogen) atoms. The molecule has 2 aromatic rings. The fraction of sp³-hybridized carbons (Fsp3) is 0.440. The molecule has 1 aliphatic heterocycles. The maximum absolute atomic E-state index is 13.4. The van der Waals surface area contributed by atoms with E-state index < -0.39 is 6.04 Å². The van der Waals surface area contributed by atoms with Crippen LogP contribution in [0.2, 0.25) is 10.0 Å². The molecule has 6 nitrogen and oxygen atoms in total. The summed E-state index contributed by atoms with van der Waals surface area (Å²) >= 11 is 12.2. The molecule has 1 N–H and O–H groups in total. The number of halogens is 2. The second kappa shape index (κ2) is 11.6. The van der Waals surface area contributed by atoms with Crippen molar-refractivity contribution in [1.82, 2.24) is 10.2 Å². The average molecular weight is 493 g/mol. The number of fused-ring (bicyclic) bond motifs is 1. The van der Waals surface area contributed by atoms with Crippen molar-refractivity contribution in [3.63, 3.8) is 0 Å². The molecular weight excluding hydrogens is 463 g/mol. The Bertz CT molecular complexity index is 998. The smallest absolute Gasteiger partial charge is 0.243 e. The van der Waals surface area contributed by atoms with Gasteiger partial charge in [-0.15, -0.1) is 0 Å². The van der Waals surface area contributed by atoms with Crippen LogP contribution in [-0.4, -0.2) is 35.6 Å². The second-order valence-electron chi connectivity index (χ2n) is 8.20. The first-order valence-electron chi connectivity index (χ1n) is 11.2. The van der Waals surface area contributed by atoms with E-state index >= 15 is 0 Å². The molecule has 0 unspecified atom stereocenters. The van der Waals surface area contributed by atoms with E-state index in [9.17, 15) is 9.59 Å². The van der Waals surface area contributed by atoms with Crippen LogP contribution in [0.4, 0.5) is 0 Å². The highest BCUT2D eigenvalue weighted by Crippen LogP contribution is 2.33. The van der Waals surface area contributed by atoms with E-state index in [0.717, 1.165) is 17.5 Å². The third-order valence-corrected chi connectivity index (χ3v) is 6.53. The van der Waals surface area contributed by atoms with Gasteiger partial charge >= 0.3 is 0 Å². The Balaban J connectivity index is 1.78. The predicted molar refractivity (Wildman–Crippen MR) is 130 cm³/mol. The molecule has 8 heteroatoms. The van der Waals surface area contributed by atoms with Crippen molar-refractivity contribution >= 4 is 35.0 Å². The van der Waals surface area contributed by atoms with E-state index in [1.54, 1.807) is 17.0 Å². The molecule has 178 valence electrons. The highest BCUT2D eigenvalue weighted by atomic mass is 35.5. The van der Waals surface area contributed by atoms with Crippen molar-refractivity contribution in [3.8, 4) is 11.5 Å². The van der Waals surface area contributed by atoms with Gasteiger partial charge in [-0.1, -0.05) is 49.2 Å². The topological polar surface area (TPSA) is 67.9 Å². The lowest BCUT2D eigenvalue weighted by atomic mass is 10.1. The van der Waals surface area contributed by atoms with Crippen molar-refractivity contribution in [2.45, 2.75) is 65.1 Å². The number of hydrogen-bond acceptors (Lipinski definition) is 4. The van der Waals surface area contributed by atoms with Gasteiger partial charge in [0.05, 0.1) is 10.0 Å². The molecule has 0 spiro atoms. The fourth-order valence-electron chi connectivity index (χ4n) is 3.69. The van der Waals surface area contributed by atoms with Crippen LogP contribution in [0.5, 0.6) is 11.5 Å². The fourth-order valence-corrected chi connectivity index (χ4v) is 4.01. The molecule has 1 aliphatic rings. The lowest BCUT2D eigenvalue weighted by Crippen LogP contribution is -2.50. The van der Waals surface area contributed by atoms with Crippen LogP contribution < -0.4 is 14.8 Å². The Labute approximate surface area is 205 Å². The maximum atomic E-state index is 13.4. The first-order valence-corrected chi connectivity index (χ1v) is 12.0. The number of aryl methyl sites for hydroxylation is 1. The zero-order valence-corrected chi connectivity index (χ0v) is 20.7. The molecule has 0 radical (unpaired) electrons. The van der Waals surface area contributed by atoms with E-state index in [0.29, 0.717) is 34.4 Å². The third-order valence-electron chi connectivity index (χ3n) is 5.79. The summed E-state index contributed by atoms with van der Waals surface area (Å²) in [6.07, 6.45) is 2.09.